The second-order valence-electron chi connectivity index (χ2n) is 6.68. The van der Waals surface area contributed by atoms with Gasteiger partial charge >= 0.3 is 5.97 Å². The molecule has 29 heavy (non-hydrogen) atoms. The van der Waals surface area contributed by atoms with Gasteiger partial charge in [-0.3, -0.25) is 4.79 Å². The molecule has 7 heteroatoms. The molecule has 0 atom stereocenters. The fourth-order valence-corrected chi connectivity index (χ4v) is 2.68. The standard InChI is InChI=1S/C22H22N4O3/c1-14(2)15-8-10-16(11-9-15)25-20-13-23-19(12-24-20)21(27)26-18-7-5-4-6-17(18)22(28)29-3/h4-14H,1-3H3,(H,24,25)(H,26,27). The molecule has 0 aliphatic heterocycles. The van der Waals surface area contributed by atoms with Gasteiger partial charge in [0.25, 0.3) is 5.91 Å². The first kappa shape index (κ1) is 20.0. The zero-order valence-corrected chi connectivity index (χ0v) is 16.5. The van der Waals surface area contributed by atoms with E-state index in [2.05, 4.69) is 46.6 Å². The Morgan fingerprint density at radius 3 is 2.31 bits per heavy atom. The minimum absolute atomic E-state index is 0.130. The first-order chi connectivity index (χ1) is 14.0. The predicted molar refractivity (Wildman–Crippen MR) is 112 cm³/mol. The number of rotatable bonds is 6. The van der Waals surface area contributed by atoms with Crippen LogP contribution < -0.4 is 10.6 Å². The van der Waals surface area contributed by atoms with E-state index in [1.54, 1.807) is 24.3 Å². The number of aromatic nitrogens is 2. The fourth-order valence-electron chi connectivity index (χ4n) is 2.68. The Balaban J connectivity index is 1.68. The first-order valence-corrected chi connectivity index (χ1v) is 9.15. The van der Waals surface area contributed by atoms with Crippen molar-refractivity contribution in [2.75, 3.05) is 17.7 Å². The lowest BCUT2D eigenvalue weighted by atomic mass is 10.0. The Labute approximate surface area is 169 Å². The molecule has 3 aromatic rings. The van der Waals surface area contributed by atoms with Crippen molar-refractivity contribution in [3.8, 4) is 0 Å². The molecule has 0 saturated carbocycles. The van der Waals surface area contributed by atoms with Gasteiger partial charge in [0.15, 0.2) is 0 Å². The van der Waals surface area contributed by atoms with Crippen molar-refractivity contribution in [2.45, 2.75) is 19.8 Å². The van der Waals surface area contributed by atoms with Crippen LogP contribution in [0.4, 0.5) is 17.2 Å². The smallest absolute Gasteiger partial charge is 0.339 e. The van der Waals surface area contributed by atoms with Crippen molar-refractivity contribution in [3.05, 3.63) is 77.7 Å². The summed E-state index contributed by atoms with van der Waals surface area (Å²) in [4.78, 5) is 32.7. The quantitative estimate of drug-likeness (QED) is 0.607. The number of carbonyl (C=O) groups is 2. The molecule has 0 radical (unpaired) electrons. The van der Waals surface area contributed by atoms with Crippen LogP contribution in [0.15, 0.2) is 60.9 Å². The van der Waals surface area contributed by atoms with E-state index in [1.807, 2.05) is 12.1 Å². The van der Waals surface area contributed by atoms with Crippen LogP contribution in [0.5, 0.6) is 0 Å². The molecule has 0 spiro atoms. The molecule has 3 rings (SSSR count). The first-order valence-electron chi connectivity index (χ1n) is 9.15. The molecular formula is C22H22N4O3. The maximum atomic E-state index is 12.5. The molecule has 0 unspecified atom stereocenters. The summed E-state index contributed by atoms with van der Waals surface area (Å²) in [5.74, 6) is -0.0172. The Kier molecular flexibility index (Phi) is 6.19. The second-order valence-corrected chi connectivity index (χ2v) is 6.68. The van der Waals surface area contributed by atoms with Gasteiger partial charge < -0.3 is 15.4 Å². The number of esters is 1. The van der Waals surface area contributed by atoms with E-state index in [9.17, 15) is 9.59 Å². The van der Waals surface area contributed by atoms with Gasteiger partial charge in [0, 0.05) is 5.69 Å². The molecule has 0 aliphatic rings. The second kappa shape index (κ2) is 8.97. The highest BCUT2D eigenvalue weighted by atomic mass is 16.5. The van der Waals surface area contributed by atoms with Gasteiger partial charge in [-0.25, -0.2) is 14.8 Å². The van der Waals surface area contributed by atoms with Gasteiger partial charge in [0.1, 0.15) is 11.5 Å². The maximum Gasteiger partial charge on any atom is 0.339 e. The molecule has 1 amide bonds. The van der Waals surface area contributed by atoms with Crippen LogP contribution in [0.3, 0.4) is 0 Å². The van der Waals surface area contributed by atoms with Gasteiger partial charge in [-0.2, -0.15) is 0 Å². The lowest BCUT2D eigenvalue weighted by Gasteiger charge is -2.10. The Morgan fingerprint density at radius 1 is 0.966 bits per heavy atom. The molecule has 7 nitrogen and oxygen atoms in total. The van der Waals surface area contributed by atoms with Gasteiger partial charge in [-0.15, -0.1) is 0 Å². The zero-order chi connectivity index (χ0) is 20.8. The van der Waals surface area contributed by atoms with Crippen molar-refractivity contribution in [2.24, 2.45) is 0 Å². The molecule has 0 bridgehead atoms. The minimum Gasteiger partial charge on any atom is -0.465 e. The minimum atomic E-state index is -0.532. The number of nitrogens with zero attached hydrogens (tertiary/aromatic N) is 2. The number of carbonyl (C=O) groups excluding carboxylic acids is 2. The highest BCUT2D eigenvalue weighted by molar-refractivity contribution is 6.06. The number of hydrogen-bond donors (Lipinski definition) is 2. The summed E-state index contributed by atoms with van der Waals surface area (Å²) >= 11 is 0. The van der Waals surface area contributed by atoms with E-state index >= 15 is 0 Å². The highest BCUT2D eigenvalue weighted by Gasteiger charge is 2.15. The van der Waals surface area contributed by atoms with E-state index in [1.165, 1.54) is 25.1 Å². The van der Waals surface area contributed by atoms with E-state index in [-0.39, 0.29) is 11.3 Å². The number of benzene rings is 2. The third kappa shape index (κ3) is 4.95. The van der Waals surface area contributed by atoms with Crippen molar-refractivity contribution < 1.29 is 14.3 Å². The SMILES string of the molecule is COC(=O)c1ccccc1NC(=O)c1cnc(Nc2ccc(C(C)C)cc2)cn1. The van der Waals surface area contributed by atoms with Crippen molar-refractivity contribution >= 4 is 29.1 Å². The number of anilines is 3. The molecule has 1 heterocycles. The molecule has 0 fully saturated rings. The van der Waals surface area contributed by atoms with Crippen LogP contribution in [-0.2, 0) is 4.74 Å². The molecule has 0 aliphatic carbocycles. The normalized spacial score (nSPS) is 10.5. The van der Waals surface area contributed by atoms with E-state index in [0.29, 0.717) is 17.4 Å². The largest absolute Gasteiger partial charge is 0.465 e. The average Bonchev–Trinajstić information content (AvgIpc) is 2.74. The lowest BCUT2D eigenvalue weighted by Crippen LogP contribution is -2.17. The Bertz CT molecular complexity index is 999. The van der Waals surface area contributed by atoms with Crippen LogP contribution in [0.2, 0.25) is 0 Å². The highest BCUT2D eigenvalue weighted by Crippen LogP contribution is 2.20. The third-order valence-electron chi connectivity index (χ3n) is 4.31. The number of para-hydroxylation sites is 1. The lowest BCUT2D eigenvalue weighted by molar-refractivity contribution is 0.0602. The van der Waals surface area contributed by atoms with Gasteiger partial charge in [-0.1, -0.05) is 38.1 Å². The van der Waals surface area contributed by atoms with Crippen LogP contribution in [0.25, 0.3) is 0 Å². The van der Waals surface area contributed by atoms with Crippen LogP contribution in [0, 0.1) is 0 Å². The Morgan fingerprint density at radius 2 is 1.69 bits per heavy atom. The summed E-state index contributed by atoms with van der Waals surface area (Å²) in [7, 11) is 1.29. The number of hydrogen-bond acceptors (Lipinski definition) is 6. The van der Waals surface area contributed by atoms with Crippen LogP contribution >= 0.6 is 0 Å². The van der Waals surface area contributed by atoms with Gasteiger partial charge in [-0.05, 0) is 35.7 Å². The van der Waals surface area contributed by atoms with E-state index in [4.69, 9.17) is 4.74 Å². The summed E-state index contributed by atoms with van der Waals surface area (Å²) in [5, 5.41) is 5.82. The van der Waals surface area contributed by atoms with Crippen LogP contribution in [-0.4, -0.2) is 29.0 Å². The monoisotopic (exact) mass is 390 g/mol. The summed E-state index contributed by atoms with van der Waals surface area (Å²) in [6.45, 7) is 4.28. The Hall–Kier alpha value is -3.74. The predicted octanol–water partition coefficient (Wildman–Crippen LogP) is 4.38. The van der Waals surface area contributed by atoms with E-state index < -0.39 is 11.9 Å². The summed E-state index contributed by atoms with van der Waals surface area (Å²) in [6, 6.07) is 14.7. The van der Waals surface area contributed by atoms with Gasteiger partial charge in [0.05, 0.1) is 30.8 Å². The van der Waals surface area contributed by atoms with Crippen LogP contribution in [0.1, 0.15) is 46.2 Å². The number of methoxy groups -OCH3 is 1. The average molecular weight is 390 g/mol. The summed E-state index contributed by atoms with van der Waals surface area (Å²) in [5.41, 5.74) is 2.87. The summed E-state index contributed by atoms with van der Waals surface area (Å²) < 4.78 is 4.73. The molecular weight excluding hydrogens is 368 g/mol. The molecule has 0 saturated heterocycles. The number of ether oxygens (including phenoxy) is 1. The van der Waals surface area contributed by atoms with Gasteiger partial charge in [0.2, 0.25) is 0 Å². The number of amides is 1. The zero-order valence-electron chi connectivity index (χ0n) is 16.5. The van der Waals surface area contributed by atoms with Crippen molar-refractivity contribution in [1.29, 1.82) is 0 Å². The topological polar surface area (TPSA) is 93.2 Å². The molecule has 2 N–H and O–H groups in total. The molecule has 2 aromatic carbocycles. The van der Waals surface area contributed by atoms with Crippen molar-refractivity contribution in [1.82, 2.24) is 9.97 Å². The number of nitrogens with one attached hydrogen (secondary N) is 2. The van der Waals surface area contributed by atoms with Crippen molar-refractivity contribution in [3.63, 3.8) is 0 Å². The molecule has 148 valence electrons. The fraction of sp³-hybridized carbons (Fsp3) is 0.182. The van der Waals surface area contributed by atoms with E-state index in [0.717, 1.165) is 5.69 Å². The maximum absolute atomic E-state index is 12.5. The summed E-state index contributed by atoms with van der Waals surface area (Å²) in [6.07, 6.45) is 2.86. The third-order valence-corrected chi connectivity index (χ3v) is 4.31. The molecule has 1 aromatic heterocycles.